The zero-order valence-electron chi connectivity index (χ0n) is 13.2. The molecule has 1 fully saturated rings. The second-order valence-corrected chi connectivity index (χ2v) is 7.56. The van der Waals surface area contributed by atoms with E-state index in [0.717, 1.165) is 30.6 Å². The lowest BCUT2D eigenvalue weighted by Gasteiger charge is -2.45. The molecule has 3 aliphatic rings. The number of aryl methyl sites for hydroxylation is 2. The third-order valence-electron chi connectivity index (χ3n) is 5.08. The summed E-state index contributed by atoms with van der Waals surface area (Å²) in [5.74, 6) is 1.20. The highest BCUT2D eigenvalue weighted by Crippen LogP contribution is 2.47. The summed E-state index contributed by atoms with van der Waals surface area (Å²) < 4.78 is 12.1. The number of hydrogen-bond donors (Lipinski definition) is 0. The summed E-state index contributed by atoms with van der Waals surface area (Å²) in [4.78, 5) is 12.4. The number of carbonyl (C=O) groups excluding carboxylic acids is 1. The molecule has 0 N–H and O–H groups in total. The van der Waals surface area contributed by atoms with Crippen molar-refractivity contribution in [2.24, 2.45) is 11.3 Å². The summed E-state index contributed by atoms with van der Waals surface area (Å²) in [6.45, 7) is 4.21. The zero-order chi connectivity index (χ0) is 15.9. The lowest BCUT2D eigenvalue weighted by molar-refractivity contribution is -0.171. The van der Waals surface area contributed by atoms with Crippen molar-refractivity contribution in [3.63, 3.8) is 0 Å². The molecular weight excluding hydrogens is 391 g/mol. The number of rotatable bonds is 4. The fourth-order valence-corrected chi connectivity index (χ4v) is 4.46. The first-order valence-corrected chi connectivity index (χ1v) is 8.77. The smallest absolute Gasteiger partial charge is 0.316 e. The highest BCUT2D eigenvalue weighted by Gasteiger charge is 2.50. The van der Waals surface area contributed by atoms with Crippen LogP contribution in [0.2, 0.25) is 0 Å². The standard InChI is InChI=1S/C18H21IO3/c1-11-8-15(19)13(10-16(11)21-3)4-6-18-7-5-14(9-12(18)2)22-17(18)20/h5,7-8,10,12,14H,4,6,9H2,1-3H3/t12-,14+,18-/m0/s1. The van der Waals surface area contributed by atoms with Gasteiger partial charge in [-0.05, 0) is 84.0 Å². The predicted octanol–water partition coefficient (Wildman–Crippen LogP) is 4.05. The van der Waals surface area contributed by atoms with Gasteiger partial charge in [-0.25, -0.2) is 0 Å². The van der Waals surface area contributed by atoms with Crippen molar-refractivity contribution in [3.8, 4) is 5.75 Å². The Morgan fingerprint density at radius 1 is 1.45 bits per heavy atom. The van der Waals surface area contributed by atoms with E-state index in [9.17, 15) is 4.79 Å². The number of hydrogen-bond acceptors (Lipinski definition) is 3. The summed E-state index contributed by atoms with van der Waals surface area (Å²) in [7, 11) is 1.70. The SMILES string of the molecule is COc1cc(CC[C@]23C=C[C@H](C[C@@H]2C)OC3=O)c(I)cc1C. The Kier molecular flexibility index (Phi) is 4.23. The van der Waals surface area contributed by atoms with E-state index in [4.69, 9.17) is 9.47 Å². The van der Waals surface area contributed by atoms with Gasteiger partial charge in [-0.3, -0.25) is 4.79 Å². The van der Waals surface area contributed by atoms with Crippen LogP contribution in [0, 0.1) is 21.8 Å². The van der Waals surface area contributed by atoms with Crippen molar-refractivity contribution in [2.75, 3.05) is 7.11 Å². The van der Waals surface area contributed by atoms with Crippen LogP contribution in [-0.2, 0) is 16.0 Å². The fourth-order valence-electron chi connectivity index (χ4n) is 3.56. The fraction of sp³-hybridized carbons (Fsp3) is 0.500. The van der Waals surface area contributed by atoms with E-state index in [1.54, 1.807) is 7.11 Å². The summed E-state index contributed by atoms with van der Waals surface area (Å²) in [6, 6.07) is 4.24. The van der Waals surface area contributed by atoms with Crippen molar-refractivity contribution < 1.29 is 14.3 Å². The maximum Gasteiger partial charge on any atom is 0.316 e. The van der Waals surface area contributed by atoms with Gasteiger partial charge in [0.15, 0.2) is 0 Å². The number of halogens is 1. The average molecular weight is 412 g/mol. The Labute approximate surface area is 145 Å². The quantitative estimate of drug-likeness (QED) is 0.425. The van der Waals surface area contributed by atoms with Crippen LogP contribution in [0.5, 0.6) is 5.75 Å². The second kappa shape index (κ2) is 5.87. The van der Waals surface area contributed by atoms with Gasteiger partial charge in [0.1, 0.15) is 11.9 Å². The van der Waals surface area contributed by atoms with Gasteiger partial charge in [-0.2, -0.15) is 0 Å². The Hall–Kier alpha value is -1.04. The molecule has 1 aromatic carbocycles. The zero-order valence-corrected chi connectivity index (χ0v) is 15.3. The van der Waals surface area contributed by atoms with Crippen molar-refractivity contribution in [2.45, 2.75) is 39.2 Å². The molecule has 1 saturated heterocycles. The van der Waals surface area contributed by atoms with E-state index >= 15 is 0 Å². The van der Waals surface area contributed by atoms with Crippen molar-refractivity contribution >= 4 is 28.6 Å². The molecule has 2 heterocycles. The molecule has 3 atom stereocenters. The topological polar surface area (TPSA) is 35.5 Å². The van der Waals surface area contributed by atoms with Crippen LogP contribution in [0.1, 0.15) is 30.9 Å². The Morgan fingerprint density at radius 3 is 2.86 bits per heavy atom. The first kappa shape index (κ1) is 15.8. The molecule has 22 heavy (non-hydrogen) atoms. The highest BCUT2D eigenvalue weighted by atomic mass is 127. The maximum absolute atomic E-state index is 12.4. The van der Waals surface area contributed by atoms with Gasteiger partial charge in [0.2, 0.25) is 0 Å². The van der Waals surface area contributed by atoms with E-state index < -0.39 is 5.41 Å². The largest absolute Gasteiger partial charge is 0.496 e. The van der Waals surface area contributed by atoms with Crippen LogP contribution in [0.3, 0.4) is 0 Å². The molecule has 2 bridgehead atoms. The van der Waals surface area contributed by atoms with Gasteiger partial charge in [-0.1, -0.05) is 13.0 Å². The first-order valence-electron chi connectivity index (χ1n) is 7.69. The minimum absolute atomic E-state index is 0.0102. The van der Waals surface area contributed by atoms with Crippen LogP contribution < -0.4 is 4.74 Å². The summed E-state index contributed by atoms with van der Waals surface area (Å²) in [5.41, 5.74) is 1.92. The molecule has 0 spiro atoms. The molecule has 0 unspecified atom stereocenters. The summed E-state index contributed by atoms with van der Waals surface area (Å²) in [6.07, 6.45) is 6.72. The minimum atomic E-state index is -0.448. The van der Waals surface area contributed by atoms with Gasteiger partial charge in [0.05, 0.1) is 12.5 Å². The van der Waals surface area contributed by atoms with Crippen molar-refractivity contribution in [1.82, 2.24) is 0 Å². The number of esters is 1. The normalized spacial score (nSPS) is 29.5. The highest BCUT2D eigenvalue weighted by molar-refractivity contribution is 14.1. The molecule has 4 heteroatoms. The van der Waals surface area contributed by atoms with Gasteiger partial charge in [-0.15, -0.1) is 0 Å². The van der Waals surface area contributed by atoms with Crippen LogP contribution >= 0.6 is 22.6 Å². The molecule has 0 radical (unpaired) electrons. The van der Waals surface area contributed by atoms with Gasteiger partial charge in [0, 0.05) is 3.57 Å². The second-order valence-electron chi connectivity index (χ2n) is 6.39. The number of benzene rings is 1. The van der Waals surface area contributed by atoms with E-state index in [1.165, 1.54) is 9.13 Å². The van der Waals surface area contributed by atoms with Crippen LogP contribution in [0.4, 0.5) is 0 Å². The van der Waals surface area contributed by atoms with Crippen LogP contribution in [-0.4, -0.2) is 19.2 Å². The molecule has 1 aliphatic carbocycles. The van der Waals surface area contributed by atoms with Gasteiger partial charge >= 0.3 is 5.97 Å². The maximum atomic E-state index is 12.4. The Bertz CT molecular complexity index is 637. The lowest BCUT2D eigenvalue weighted by Crippen LogP contribution is -2.49. The molecule has 1 aromatic rings. The van der Waals surface area contributed by atoms with Gasteiger partial charge in [0.25, 0.3) is 0 Å². The minimum Gasteiger partial charge on any atom is -0.496 e. The van der Waals surface area contributed by atoms with E-state index in [2.05, 4.69) is 53.8 Å². The number of fused-ring (bicyclic) bond motifs is 2. The molecule has 4 rings (SSSR count). The third-order valence-corrected chi connectivity index (χ3v) is 6.09. The number of ether oxygens (including phenoxy) is 2. The van der Waals surface area contributed by atoms with E-state index in [1.807, 2.05) is 6.92 Å². The summed E-state index contributed by atoms with van der Waals surface area (Å²) >= 11 is 2.36. The van der Waals surface area contributed by atoms with E-state index in [-0.39, 0.29) is 12.1 Å². The van der Waals surface area contributed by atoms with Crippen molar-refractivity contribution in [1.29, 1.82) is 0 Å². The first-order chi connectivity index (χ1) is 10.5. The molecule has 0 aromatic heterocycles. The Morgan fingerprint density at radius 2 is 2.23 bits per heavy atom. The predicted molar refractivity (Wildman–Crippen MR) is 94.0 cm³/mol. The molecule has 0 amide bonds. The Balaban J connectivity index is 1.84. The number of carbonyl (C=O) groups is 1. The molecule has 2 aliphatic heterocycles. The van der Waals surface area contributed by atoms with Gasteiger partial charge < -0.3 is 9.47 Å². The lowest BCUT2D eigenvalue weighted by atomic mass is 9.65. The monoisotopic (exact) mass is 412 g/mol. The third kappa shape index (κ3) is 2.55. The number of methoxy groups -OCH3 is 1. The molecule has 118 valence electrons. The van der Waals surface area contributed by atoms with Crippen LogP contribution in [0.15, 0.2) is 24.3 Å². The molecule has 3 nitrogen and oxygen atoms in total. The van der Waals surface area contributed by atoms with Crippen molar-refractivity contribution in [3.05, 3.63) is 39.0 Å². The van der Waals surface area contributed by atoms with E-state index in [0.29, 0.717) is 5.92 Å². The average Bonchev–Trinajstić information content (AvgIpc) is 2.47. The van der Waals surface area contributed by atoms with Crippen LogP contribution in [0.25, 0.3) is 0 Å². The molecule has 0 saturated carbocycles. The molecular formula is C18H21IO3. The summed E-state index contributed by atoms with van der Waals surface area (Å²) in [5, 5.41) is 0.